The maximum atomic E-state index is 14.0. The Balaban J connectivity index is 1.36. The van der Waals surface area contributed by atoms with Crippen LogP contribution in [0.25, 0.3) is 0 Å². The van der Waals surface area contributed by atoms with Gasteiger partial charge >= 0.3 is 6.09 Å². The summed E-state index contributed by atoms with van der Waals surface area (Å²) in [5.41, 5.74) is 0.720. The van der Waals surface area contributed by atoms with Gasteiger partial charge in [-0.25, -0.2) is 9.18 Å². The molecule has 1 aromatic rings. The van der Waals surface area contributed by atoms with Gasteiger partial charge in [0.25, 0.3) is 0 Å². The van der Waals surface area contributed by atoms with Crippen molar-refractivity contribution in [2.45, 2.75) is 37.6 Å². The Morgan fingerprint density at radius 3 is 2.83 bits per heavy atom. The molecule has 1 aromatic carbocycles. The van der Waals surface area contributed by atoms with Gasteiger partial charge in [-0.05, 0) is 25.0 Å². The molecule has 3 aliphatic rings. The van der Waals surface area contributed by atoms with Gasteiger partial charge in [-0.1, -0.05) is 22.0 Å². The van der Waals surface area contributed by atoms with Crippen LogP contribution in [-0.2, 0) is 11.3 Å². The second kappa shape index (κ2) is 6.61. The van der Waals surface area contributed by atoms with Crippen molar-refractivity contribution in [3.8, 4) is 0 Å². The zero-order chi connectivity index (χ0) is 16.7. The highest BCUT2D eigenvalue weighted by Crippen LogP contribution is 2.29. The van der Waals surface area contributed by atoms with Crippen LogP contribution in [0.15, 0.2) is 22.7 Å². The molecule has 24 heavy (non-hydrogen) atoms. The van der Waals surface area contributed by atoms with Gasteiger partial charge < -0.3 is 10.1 Å². The molecule has 4 rings (SSSR count). The van der Waals surface area contributed by atoms with Gasteiger partial charge in [0.15, 0.2) is 0 Å². The summed E-state index contributed by atoms with van der Waals surface area (Å²) < 4.78 is 20.2. The number of rotatable bonds is 3. The first-order valence-electron chi connectivity index (χ1n) is 8.48. The van der Waals surface area contributed by atoms with Crippen molar-refractivity contribution in [2.75, 3.05) is 26.2 Å². The van der Waals surface area contributed by atoms with Crippen molar-refractivity contribution in [2.24, 2.45) is 0 Å². The average Bonchev–Trinajstić information content (AvgIpc) is 3.11. The van der Waals surface area contributed by atoms with E-state index in [9.17, 15) is 9.18 Å². The molecule has 0 spiro atoms. The summed E-state index contributed by atoms with van der Waals surface area (Å²) in [6, 6.07) is 5.63. The van der Waals surface area contributed by atoms with Crippen LogP contribution in [0.1, 0.15) is 18.4 Å². The molecule has 3 aliphatic heterocycles. The summed E-state index contributed by atoms with van der Waals surface area (Å²) >= 11 is 3.29. The van der Waals surface area contributed by atoms with Crippen molar-refractivity contribution in [3.63, 3.8) is 0 Å². The number of carbonyl (C=O) groups excluding carboxylic acids is 1. The van der Waals surface area contributed by atoms with E-state index in [2.05, 4.69) is 26.1 Å². The van der Waals surface area contributed by atoms with Crippen molar-refractivity contribution in [3.05, 3.63) is 34.1 Å². The lowest BCUT2D eigenvalue weighted by Gasteiger charge is -2.37. The second-order valence-electron chi connectivity index (χ2n) is 6.80. The quantitative estimate of drug-likeness (QED) is 0.849. The summed E-state index contributed by atoms with van der Waals surface area (Å²) in [5, 5.41) is 3.29. The Labute approximate surface area is 149 Å². The van der Waals surface area contributed by atoms with Gasteiger partial charge in [-0.3, -0.25) is 9.80 Å². The summed E-state index contributed by atoms with van der Waals surface area (Å²) in [7, 11) is 0. The molecule has 1 N–H and O–H groups in total. The van der Waals surface area contributed by atoms with Gasteiger partial charge in [0.05, 0.1) is 6.04 Å². The normalized spacial score (nSPS) is 28.2. The minimum atomic E-state index is -0.172. The number of fused-ring (bicyclic) bond motifs is 1. The standard InChI is InChI=1S/C17H21BrFN3O2/c18-12-2-1-11(14(19)7-12)10-21-5-3-13(4-6-21)22-15-8-20-9-16(15)24-17(22)23/h1-2,7,13,15-16,20H,3-6,8-10H2/t15-,16+/m1/s1. The van der Waals surface area contributed by atoms with Crippen molar-refractivity contribution in [1.29, 1.82) is 0 Å². The molecule has 5 nitrogen and oxygen atoms in total. The van der Waals surface area contributed by atoms with Crippen molar-refractivity contribution in [1.82, 2.24) is 15.1 Å². The van der Waals surface area contributed by atoms with E-state index in [1.165, 1.54) is 6.07 Å². The monoisotopic (exact) mass is 397 g/mol. The molecule has 0 radical (unpaired) electrons. The lowest BCUT2D eigenvalue weighted by molar-refractivity contribution is 0.102. The Bertz CT molecular complexity index is 636. The summed E-state index contributed by atoms with van der Waals surface area (Å²) in [4.78, 5) is 16.3. The molecular formula is C17H21BrFN3O2. The third-order valence-corrected chi connectivity index (χ3v) is 5.80. The van der Waals surface area contributed by atoms with Crippen molar-refractivity contribution >= 4 is 22.0 Å². The van der Waals surface area contributed by atoms with E-state index in [-0.39, 0.29) is 30.1 Å². The summed E-state index contributed by atoms with van der Waals surface area (Å²) in [6.07, 6.45) is 1.67. The fraction of sp³-hybridized carbons (Fsp3) is 0.588. The Kier molecular flexibility index (Phi) is 4.49. The van der Waals surface area contributed by atoms with E-state index in [0.717, 1.165) is 49.1 Å². The zero-order valence-electron chi connectivity index (χ0n) is 13.4. The lowest BCUT2D eigenvalue weighted by atomic mass is 10.0. The van der Waals surface area contributed by atoms with E-state index in [1.807, 2.05) is 17.0 Å². The number of halogens is 2. The molecule has 0 saturated carbocycles. The van der Waals surface area contributed by atoms with Crippen LogP contribution >= 0.6 is 15.9 Å². The highest BCUT2D eigenvalue weighted by Gasteiger charge is 2.47. The minimum absolute atomic E-state index is 0.00684. The summed E-state index contributed by atoms with van der Waals surface area (Å²) in [6.45, 7) is 3.93. The first-order valence-corrected chi connectivity index (χ1v) is 9.27. The molecule has 0 unspecified atom stereocenters. The molecule has 0 aromatic heterocycles. The fourth-order valence-corrected chi connectivity index (χ4v) is 4.36. The molecule has 2 atom stereocenters. The summed E-state index contributed by atoms with van der Waals surface area (Å²) in [5.74, 6) is -0.172. The number of carbonyl (C=O) groups is 1. The molecule has 3 saturated heterocycles. The number of nitrogens with zero attached hydrogens (tertiary/aromatic N) is 2. The largest absolute Gasteiger partial charge is 0.442 e. The van der Waals surface area contributed by atoms with Crippen LogP contribution in [-0.4, -0.2) is 60.3 Å². The van der Waals surface area contributed by atoms with Crippen molar-refractivity contribution < 1.29 is 13.9 Å². The van der Waals surface area contributed by atoms with Crippen LogP contribution in [0.4, 0.5) is 9.18 Å². The Morgan fingerprint density at radius 2 is 2.08 bits per heavy atom. The molecular weight excluding hydrogens is 377 g/mol. The fourth-order valence-electron chi connectivity index (χ4n) is 4.03. The van der Waals surface area contributed by atoms with Crippen LogP contribution in [0, 0.1) is 5.82 Å². The number of amides is 1. The van der Waals surface area contributed by atoms with Gasteiger partial charge in [0.2, 0.25) is 0 Å². The number of piperidine rings is 1. The predicted octanol–water partition coefficient (Wildman–Crippen LogP) is 2.35. The van der Waals surface area contributed by atoms with E-state index >= 15 is 0 Å². The highest BCUT2D eigenvalue weighted by molar-refractivity contribution is 9.10. The third-order valence-electron chi connectivity index (χ3n) is 5.31. The smallest absolute Gasteiger partial charge is 0.410 e. The SMILES string of the molecule is O=C1O[C@H]2CNC[C@H]2N1C1CCN(Cc2ccc(Br)cc2F)CC1. The van der Waals surface area contributed by atoms with E-state index in [0.29, 0.717) is 6.54 Å². The average molecular weight is 398 g/mol. The number of nitrogens with one attached hydrogen (secondary N) is 1. The first kappa shape index (κ1) is 16.3. The molecule has 1 amide bonds. The number of benzene rings is 1. The Morgan fingerprint density at radius 1 is 1.29 bits per heavy atom. The van der Waals surface area contributed by atoms with Gasteiger partial charge in [-0.2, -0.15) is 0 Å². The molecule has 3 fully saturated rings. The molecule has 7 heteroatoms. The Hall–Kier alpha value is -1.18. The topological polar surface area (TPSA) is 44.8 Å². The third kappa shape index (κ3) is 3.05. The van der Waals surface area contributed by atoms with E-state index in [1.54, 1.807) is 0 Å². The minimum Gasteiger partial charge on any atom is -0.442 e. The number of hydrogen-bond donors (Lipinski definition) is 1. The van der Waals surface area contributed by atoms with E-state index < -0.39 is 0 Å². The molecule has 130 valence electrons. The van der Waals surface area contributed by atoms with Crippen LogP contribution < -0.4 is 5.32 Å². The number of ether oxygens (including phenoxy) is 1. The maximum absolute atomic E-state index is 14.0. The number of likely N-dealkylation sites (tertiary alicyclic amines) is 1. The van der Waals surface area contributed by atoms with E-state index in [4.69, 9.17) is 4.74 Å². The lowest BCUT2D eigenvalue weighted by Crippen LogP contribution is -2.49. The molecule has 3 heterocycles. The van der Waals surface area contributed by atoms with Crippen LogP contribution in [0.3, 0.4) is 0 Å². The zero-order valence-corrected chi connectivity index (χ0v) is 15.0. The van der Waals surface area contributed by atoms with Gasteiger partial charge in [0.1, 0.15) is 11.9 Å². The molecule has 0 bridgehead atoms. The van der Waals surface area contributed by atoms with Crippen LogP contribution in [0.2, 0.25) is 0 Å². The number of hydrogen-bond acceptors (Lipinski definition) is 4. The first-order chi connectivity index (χ1) is 11.6. The van der Waals surface area contributed by atoms with Gasteiger partial charge in [-0.15, -0.1) is 0 Å². The highest BCUT2D eigenvalue weighted by atomic mass is 79.9. The van der Waals surface area contributed by atoms with Crippen LogP contribution in [0.5, 0.6) is 0 Å². The molecule has 0 aliphatic carbocycles. The van der Waals surface area contributed by atoms with Gasteiger partial charge in [0, 0.05) is 48.8 Å². The second-order valence-corrected chi connectivity index (χ2v) is 7.71. The maximum Gasteiger partial charge on any atom is 0.410 e. The predicted molar refractivity (Wildman–Crippen MR) is 91.2 cm³/mol.